The average molecular weight is 359 g/mol. The number of benzene rings is 2. The van der Waals surface area contributed by atoms with Crippen molar-refractivity contribution >= 4 is 50.5 Å². The predicted octanol–water partition coefficient (Wildman–Crippen LogP) is 3.62. The summed E-state index contributed by atoms with van der Waals surface area (Å²) in [4.78, 5) is 12.3. The van der Waals surface area contributed by atoms with Crippen LogP contribution in [0.5, 0.6) is 0 Å². The molecule has 0 saturated carbocycles. The van der Waals surface area contributed by atoms with Crippen LogP contribution in [0, 0.1) is 0 Å². The van der Waals surface area contributed by atoms with Crippen LogP contribution in [-0.4, -0.2) is 20.6 Å². The fourth-order valence-corrected chi connectivity index (χ4v) is 2.60. The van der Waals surface area contributed by atoms with Crippen molar-refractivity contribution in [1.82, 2.24) is 0 Å². The van der Waals surface area contributed by atoms with Crippen molar-refractivity contribution in [2.45, 2.75) is 0 Å². The van der Waals surface area contributed by atoms with Crippen molar-refractivity contribution < 1.29 is 13.2 Å². The average Bonchev–Trinajstić information content (AvgIpc) is 2.42. The van der Waals surface area contributed by atoms with Gasteiger partial charge in [0, 0.05) is 15.7 Å². The van der Waals surface area contributed by atoms with Crippen molar-refractivity contribution in [3.05, 3.63) is 58.1 Å². The summed E-state index contributed by atoms with van der Waals surface area (Å²) in [5.74, 6) is -0.490. The summed E-state index contributed by atoms with van der Waals surface area (Å²) in [6.45, 7) is 0. The lowest BCUT2D eigenvalue weighted by Gasteiger charge is -2.11. The van der Waals surface area contributed by atoms with Crippen molar-refractivity contribution in [3.8, 4) is 0 Å². The van der Waals surface area contributed by atoms with Crippen LogP contribution in [-0.2, 0) is 10.0 Å². The molecular formula is C14H12Cl2N2O3S. The van der Waals surface area contributed by atoms with Crippen LogP contribution < -0.4 is 10.0 Å². The highest BCUT2D eigenvalue weighted by Crippen LogP contribution is 2.23. The first-order valence-electron chi connectivity index (χ1n) is 6.09. The quantitative estimate of drug-likeness (QED) is 0.876. The van der Waals surface area contributed by atoms with Crippen LogP contribution in [0.25, 0.3) is 0 Å². The molecule has 22 heavy (non-hydrogen) atoms. The lowest BCUT2D eigenvalue weighted by atomic mass is 10.1. The van der Waals surface area contributed by atoms with E-state index in [1.54, 1.807) is 24.3 Å². The van der Waals surface area contributed by atoms with Crippen LogP contribution >= 0.6 is 23.2 Å². The Bertz CT molecular complexity index is 805. The minimum absolute atomic E-state index is 0.118. The highest BCUT2D eigenvalue weighted by atomic mass is 35.5. The van der Waals surface area contributed by atoms with Gasteiger partial charge in [0.1, 0.15) is 0 Å². The normalized spacial score (nSPS) is 11.0. The molecule has 0 aliphatic carbocycles. The second-order valence-corrected chi connectivity index (χ2v) is 7.15. The molecule has 0 aromatic heterocycles. The molecule has 5 nitrogen and oxygen atoms in total. The number of halogens is 2. The summed E-state index contributed by atoms with van der Waals surface area (Å²) in [6, 6.07) is 10.8. The summed E-state index contributed by atoms with van der Waals surface area (Å²) in [5, 5.41) is 3.51. The number of hydrogen-bond donors (Lipinski definition) is 2. The first-order chi connectivity index (χ1) is 10.2. The molecule has 0 aliphatic rings. The second-order valence-electron chi connectivity index (χ2n) is 4.53. The standard InChI is InChI=1S/C14H12Cl2N2O3S/c1-22(20,21)18-13-7-4-10(16)8-12(13)14(19)17-11-5-2-9(15)3-6-11/h2-8,18H,1H3,(H,17,19). The molecule has 0 unspecified atom stereocenters. The fraction of sp³-hybridized carbons (Fsp3) is 0.0714. The van der Waals surface area contributed by atoms with Gasteiger partial charge in [0.25, 0.3) is 5.91 Å². The van der Waals surface area contributed by atoms with Crippen LogP contribution in [0.15, 0.2) is 42.5 Å². The molecule has 0 aliphatic heterocycles. The third kappa shape index (κ3) is 4.62. The van der Waals surface area contributed by atoms with E-state index in [1.807, 2.05) is 0 Å². The van der Waals surface area contributed by atoms with Gasteiger partial charge in [0.15, 0.2) is 0 Å². The van der Waals surface area contributed by atoms with Crippen LogP contribution in [0.4, 0.5) is 11.4 Å². The molecule has 2 aromatic carbocycles. The first kappa shape index (κ1) is 16.6. The van der Waals surface area contributed by atoms with Gasteiger partial charge in [-0.05, 0) is 42.5 Å². The van der Waals surface area contributed by atoms with E-state index in [0.29, 0.717) is 15.7 Å². The number of carbonyl (C=O) groups is 1. The molecule has 2 N–H and O–H groups in total. The van der Waals surface area contributed by atoms with Crippen molar-refractivity contribution in [1.29, 1.82) is 0 Å². The molecule has 0 bridgehead atoms. The van der Waals surface area contributed by atoms with E-state index in [9.17, 15) is 13.2 Å². The Hall–Kier alpha value is -1.76. The van der Waals surface area contributed by atoms with E-state index in [0.717, 1.165) is 6.26 Å². The number of nitrogens with one attached hydrogen (secondary N) is 2. The number of amides is 1. The van der Waals surface area contributed by atoms with E-state index in [4.69, 9.17) is 23.2 Å². The van der Waals surface area contributed by atoms with E-state index in [2.05, 4.69) is 10.0 Å². The fourth-order valence-electron chi connectivity index (χ4n) is 1.72. The minimum Gasteiger partial charge on any atom is -0.322 e. The molecular weight excluding hydrogens is 347 g/mol. The Kier molecular flexibility index (Phi) is 4.95. The maximum absolute atomic E-state index is 12.3. The second kappa shape index (κ2) is 6.56. The van der Waals surface area contributed by atoms with Crippen molar-refractivity contribution in [3.63, 3.8) is 0 Å². The van der Waals surface area contributed by atoms with Crippen LogP contribution in [0.2, 0.25) is 10.0 Å². The molecule has 0 saturated heterocycles. The monoisotopic (exact) mass is 358 g/mol. The van der Waals surface area contributed by atoms with Gasteiger partial charge in [-0.1, -0.05) is 23.2 Å². The third-order valence-corrected chi connectivity index (χ3v) is 3.70. The van der Waals surface area contributed by atoms with Crippen molar-refractivity contribution in [2.24, 2.45) is 0 Å². The lowest BCUT2D eigenvalue weighted by Crippen LogP contribution is -2.17. The number of hydrogen-bond acceptors (Lipinski definition) is 3. The number of rotatable bonds is 4. The Balaban J connectivity index is 2.31. The summed E-state index contributed by atoms with van der Waals surface area (Å²) < 4.78 is 25.0. The third-order valence-electron chi connectivity index (χ3n) is 2.62. The lowest BCUT2D eigenvalue weighted by molar-refractivity contribution is 0.102. The topological polar surface area (TPSA) is 75.3 Å². The summed E-state index contributed by atoms with van der Waals surface area (Å²) in [5.41, 5.74) is 0.797. The summed E-state index contributed by atoms with van der Waals surface area (Å²) in [6.07, 6.45) is 1.00. The van der Waals surface area contributed by atoms with E-state index >= 15 is 0 Å². The van der Waals surface area contributed by atoms with Gasteiger partial charge in [-0.15, -0.1) is 0 Å². The van der Waals surface area contributed by atoms with Crippen LogP contribution in [0.3, 0.4) is 0 Å². The molecule has 2 rings (SSSR count). The Morgan fingerprint density at radius 3 is 2.18 bits per heavy atom. The molecule has 0 atom stereocenters. The van der Waals surface area contributed by atoms with E-state index in [-0.39, 0.29) is 11.3 Å². The largest absolute Gasteiger partial charge is 0.322 e. The zero-order valence-corrected chi connectivity index (χ0v) is 13.8. The summed E-state index contributed by atoms with van der Waals surface area (Å²) in [7, 11) is -3.52. The van der Waals surface area contributed by atoms with Gasteiger partial charge in [-0.3, -0.25) is 9.52 Å². The smallest absolute Gasteiger partial charge is 0.257 e. The molecule has 116 valence electrons. The number of carbonyl (C=O) groups excluding carboxylic acids is 1. The van der Waals surface area contributed by atoms with Gasteiger partial charge in [-0.25, -0.2) is 8.42 Å². The van der Waals surface area contributed by atoms with Crippen molar-refractivity contribution in [2.75, 3.05) is 16.3 Å². The first-order valence-corrected chi connectivity index (χ1v) is 8.73. The van der Waals surface area contributed by atoms with Gasteiger partial charge in [-0.2, -0.15) is 0 Å². The highest BCUT2D eigenvalue weighted by Gasteiger charge is 2.15. The Labute approximate surface area is 138 Å². The Morgan fingerprint density at radius 2 is 1.59 bits per heavy atom. The predicted molar refractivity (Wildman–Crippen MR) is 89.3 cm³/mol. The molecule has 0 spiro atoms. The highest BCUT2D eigenvalue weighted by molar-refractivity contribution is 7.92. The zero-order chi connectivity index (χ0) is 16.3. The maximum atomic E-state index is 12.3. The molecule has 1 amide bonds. The molecule has 0 fully saturated rings. The Morgan fingerprint density at radius 1 is 1.00 bits per heavy atom. The molecule has 0 radical (unpaired) electrons. The maximum Gasteiger partial charge on any atom is 0.257 e. The van der Waals surface area contributed by atoms with Gasteiger partial charge in [0.05, 0.1) is 17.5 Å². The number of anilines is 2. The van der Waals surface area contributed by atoms with Gasteiger partial charge >= 0.3 is 0 Å². The SMILES string of the molecule is CS(=O)(=O)Nc1ccc(Cl)cc1C(=O)Nc1ccc(Cl)cc1. The minimum atomic E-state index is -3.52. The van der Waals surface area contributed by atoms with Crippen LogP contribution in [0.1, 0.15) is 10.4 Å². The van der Waals surface area contributed by atoms with E-state index < -0.39 is 15.9 Å². The number of sulfonamides is 1. The zero-order valence-electron chi connectivity index (χ0n) is 11.4. The van der Waals surface area contributed by atoms with Gasteiger partial charge in [0.2, 0.25) is 10.0 Å². The molecule has 0 heterocycles. The molecule has 8 heteroatoms. The van der Waals surface area contributed by atoms with Gasteiger partial charge < -0.3 is 5.32 Å². The van der Waals surface area contributed by atoms with E-state index in [1.165, 1.54) is 18.2 Å². The molecule has 2 aromatic rings. The summed E-state index contributed by atoms with van der Waals surface area (Å²) >= 11 is 11.7.